The molecule has 0 fully saturated rings. The predicted molar refractivity (Wildman–Crippen MR) is 81.9 cm³/mol. The zero-order valence-electron chi connectivity index (χ0n) is 13.5. The predicted octanol–water partition coefficient (Wildman–Crippen LogP) is 3.17. The molecule has 2 rings (SSSR count). The van der Waals surface area contributed by atoms with Gasteiger partial charge in [-0.25, -0.2) is 13.2 Å². The molecule has 0 aliphatic carbocycles. The van der Waals surface area contributed by atoms with Crippen molar-refractivity contribution in [2.75, 3.05) is 11.5 Å². The van der Waals surface area contributed by atoms with Crippen molar-refractivity contribution in [3.8, 4) is 5.69 Å². The van der Waals surface area contributed by atoms with Gasteiger partial charge < -0.3 is 5.73 Å². The summed E-state index contributed by atoms with van der Waals surface area (Å²) in [6.45, 7) is 2.54. The van der Waals surface area contributed by atoms with Crippen LogP contribution in [0.15, 0.2) is 17.0 Å². The van der Waals surface area contributed by atoms with Crippen LogP contribution >= 0.6 is 0 Å². The highest BCUT2D eigenvalue weighted by molar-refractivity contribution is 7.85. The number of aryl methyl sites for hydroxylation is 1. The van der Waals surface area contributed by atoms with Gasteiger partial charge in [-0.1, -0.05) is 0 Å². The zero-order chi connectivity index (χ0) is 19.2. The number of nitrogens with two attached hydrogens (primary N) is 1. The van der Waals surface area contributed by atoms with Gasteiger partial charge in [0, 0.05) is 18.7 Å². The van der Waals surface area contributed by atoms with Gasteiger partial charge in [0.05, 0.1) is 16.6 Å². The second kappa shape index (κ2) is 6.36. The Morgan fingerprint density at radius 1 is 1.24 bits per heavy atom. The third-order valence-corrected chi connectivity index (χ3v) is 4.83. The Bertz CT molecular complexity index is 826. The van der Waals surface area contributed by atoms with Crippen molar-refractivity contribution in [3.63, 3.8) is 0 Å². The van der Waals surface area contributed by atoms with Gasteiger partial charge in [-0.2, -0.15) is 18.4 Å². The van der Waals surface area contributed by atoms with Crippen molar-refractivity contribution in [1.82, 2.24) is 14.8 Å². The molecule has 138 valence electrons. The van der Waals surface area contributed by atoms with E-state index in [1.54, 1.807) is 0 Å². The van der Waals surface area contributed by atoms with Crippen LogP contribution in [0, 0.1) is 12.7 Å². The summed E-state index contributed by atoms with van der Waals surface area (Å²) < 4.78 is 79.8. The molecule has 25 heavy (non-hydrogen) atoms. The molecule has 1 aromatic carbocycles. The quantitative estimate of drug-likeness (QED) is 0.806. The maximum absolute atomic E-state index is 14.2. The van der Waals surface area contributed by atoms with Crippen LogP contribution in [0.25, 0.3) is 5.69 Å². The van der Waals surface area contributed by atoms with Crippen LogP contribution in [0.2, 0.25) is 0 Å². The summed E-state index contributed by atoms with van der Waals surface area (Å²) in [7, 11) is -2.14. The van der Waals surface area contributed by atoms with E-state index in [1.807, 2.05) is 0 Å². The third kappa shape index (κ3) is 4.33. The molecule has 0 amide bonds. The summed E-state index contributed by atoms with van der Waals surface area (Å²) in [5.74, 6) is -9.91. The van der Waals surface area contributed by atoms with Crippen LogP contribution in [0.1, 0.15) is 25.2 Å². The van der Waals surface area contributed by atoms with E-state index < -0.39 is 51.7 Å². The fourth-order valence-electron chi connectivity index (χ4n) is 2.05. The van der Waals surface area contributed by atoms with Gasteiger partial charge in [-0.05, 0) is 24.6 Å². The number of nitrogens with zero attached hydrogens (tertiary/aromatic N) is 3. The fourth-order valence-corrected chi connectivity index (χ4v) is 3.32. The second-order valence-corrected chi connectivity index (χ2v) is 7.14. The molecule has 2 N–H and O–H groups in total. The normalized spacial score (nSPS) is 13.9. The van der Waals surface area contributed by atoms with E-state index in [4.69, 9.17) is 5.73 Å². The summed E-state index contributed by atoms with van der Waals surface area (Å²) >= 11 is 0. The number of alkyl halides is 4. The minimum absolute atomic E-state index is 0.0716. The van der Waals surface area contributed by atoms with Gasteiger partial charge in [0.15, 0.2) is 0 Å². The lowest BCUT2D eigenvalue weighted by Gasteiger charge is -2.13. The number of halogens is 5. The van der Waals surface area contributed by atoms with Crippen molar-refractivity contribution in [2.24, 2.45) is 0 Å². The number of hydrogen-bond donors (Lipinski definition) is 1. The standard InChI is InChI=1S/C14H15F5N4OS/c1-7-4-8(15)9(5-10(7)25(24)6-13(2,16)17)23-12(20)21-11(22-23)14(3,18)19/h4-5H,6H2,1-3H3,(H2,20,21,22). The Labute approximate surface area is 142 Å². The second-order valence-electron chi connectivity index (χ2n) is 5.72. The van der Waals surface area contributed by atoms with Crippen molar-refractivity contribution in [1.29, 1.82) is 0 Å². The van der Waals surface area contributed by atoms with Crippen LogP contribution in [-0.2, 0) is 16.7 Å². The van der Waals surface area contributed by atoms with E-state index in [9.17, 15) is 26.2 Å². The minimum atomic E-state index is -3.41. The van der Waals surface area contributed by atoms with Crippen molar-refractivity contribution in [2.45, 2.75) is 37.5 Å². The Balaban J connectivity index is 2.55. The Morgan fingerprint density at radius 2 is 1.84 bits per heavy atom. The minimum Gasteiger partial charge on any atom is -0.368 e. The average Bonchev–Trinajstić information content (AvgIpc) is 2.78. The van der Waals surface area contributed by atoms with Crippen LogP contribution in [0.3, 0.4) is 0 Å². The zero-order valence-corrected chi connectivity index (χ0v) is 14.3. The van der Waals surface area contributed by atoms with Crippen molar-refractivity contribution in [3.05, 3.63) is 29.3 Å². The Morgan fingerprint density at radius 3 is 2.32 bits per heavy atom. The van der Waals surface area contributed by atoms with E-state index in [0.717, 1.165) is 12.1 Å². The van der Waals surface area contributed by atoms with E-state index in [0.29, 0.717) is 18.5 Å². The highest BCUT2D eigenvalue weighted by atomic mass is 32.2. The largest absolute Gasteiger partial charge is 0.368 e. The van der Waals surface area contributed by atoms with Gasteiger partial charge in [0.25, 0.3) is 5.92 Å². The molecule has 11 heteroatoms. The molecule has 0 saturated heterocycles. The van der Waals surface area contributed by atoms with E-state index in [1.165, 1.54) is 6.92 Å². The van der Waals surface area contributed by atoms with Gasteiger partial charge >= 0.3 is 5.92 Å². The Kier molecular flexibility index (Phi) is 4.90. The highest BCUT2D eigenvalue weighted by Gasteiger charge is 2.32. The third-order valence-electron chi connectivity index (χ3n) is 3.13. The fraction of sp³-hybridized carbons (Fsp3) is 0.429. The van der Waals surface area contributed by atoms with Crippen LogP contribution in [0.5, 0.6) is 0 Å². The molecule has 0 spiro atoms. The van der Waals surface area contributed by atoms with Gasteiger partial charge in [-0.3, -0.25) is 4.21 Å². The summed E-state index contributed by atoms with van der Waals surface area (Å²) in [5, 5.41) is 3.46. The molecule has 1 atom stereocenters. The molecular formula is C14H15F5N4OS. The highest BCUT2D eigenvalue weighted by Crippen LogP contribution is 2.28. The molecule has 0 radical (unpaired) electrons. The lowest BCUT2D eigenvalue weighted by atomic mass is 10.2. The maximum Gasteiger partial charge on any atom is 0.305 e. The monoisotopic (exact) mass is 382 g/mol. The van der Waals surface area contributed by atoms with E-state index >= 15 is 0 Å². The molecule has 0 aliphatic rings. The maximum atomic E-state index is 14.2. The number of hydrogen-bond acceptors (Lipinski definition) is 4. The lowest BCUT2D eigenvalue weighted by Crippen LogP contribution is -2.21. The number of aromatic nitrogens is 3. The lowest BCUT2D eigenvalue weighted by molar-refractivity contribution is 0.00784. The summed E-state index contributed by atoms with van der Waals surface area (Å²) in [6.07, 6.45) is 0. The van der Waals surface area contributed by atoms with Crippen LogP contribution in [-0.4, -0.2) is 30.6 Å². The molecule has 1 unspecified atom stereocenters. The molecule has 0 bridgehead atoms. The molecular weight excluding hydrogens is 367 g/mol. The molecule has 2 aromatic rings. The van der Waals surface area contributed by atoms with Gasteiger partial charge in [0.1, 0.15) is 11.5 Å². The SMILES string of the molecule is Cc1cc(F)c(-n2nc(C(C)(F)F)nc2N)cc1S(=O)CC(C)(F)F. The molecule has 0 saturated carbocycles. The smallest absolute Gasteiger partial charge is 0.305 e. The number of nitrogen functional groups attached to an aromatic ring is 1. The molecule has 5 nitrogen and oxygen atoms in total. The molecule has 1 heterocycles. The Hall–Kier alpha value is -2.04. The first-order valence-electron chi connectivity index (χ1n) is 6.97. The van der Waals surface area contributed by atoms with E-state index in [-0.39, 0.29) is 10.5 Å². The van der Waals surface area contributed by atoms with Crippen molar-refractivity contribution < 1.29 is 26.2 Å². The van der Waals surface area contributed by atoms with Gasteiger partial charge in [0.2, 0.25) is 11.8 Å². The van der Waals surface area contributed by atoms with Gasteiger partial charge in [-0.15, -0.1) is 5.10 Å². The van der Waals surface area contributed by atoms with Crippen LogP contribution in [0.4, 0.5) is 27.9 Å². The number of rotatable bonds is 5. The topological polar surface area (TPSA) is 73.8 Å². The first-order valence-corrected chi connectivity index (χ1v) is 8.29. The first-order chi connectivity index (χ1) is 11.3. The number of anilines is 1. The van der Waals surface area contributed by atoms with E-state index in [2.05, 4.69) is 10.1 Å². The summed E-state index contributed by atoms with van der Waals surface area (Å²) in [6, 6.07) is 1.94. The number of benzene rings is 1. The van der Waals surface area contributed by atoms with Crippen molar-refractivity contribution >= 4 is 16.7 Å². The average molecular weight is 382 g/mol. The summed E-state index contributed by atoms with van der Waals surface area (Å²) in [4.78, 5) is 3.30. The molecule has 1 aromatic heterocycles. The first kappa shape index (κ1) is 19.3. The van der Waals surface area contributed by atoms with Crippen LogP contribution < -0.4 is 5.73 Å². The molecule has 0 aliphatic heterocycles. The summed E-state index contributed by atoms with van der Waals surface area (Å²) in [5.41, 5.74) is 5.26.